The van der Waals surface area contributed by atoms with Crippen LogP contribution in [0.1, 0.15) is 55.3 Å². The molecule has 25 heavy (non-hydrogen) atoms. The maximum absolute atomic E-state index is 12.5. The van der Waals surface area contributed by atoms with E-state index in [-0.39, 0.29) is 17.2 Å². The summed E-state index contributed by atoms with van der Waals surface area (Å²) in [7, 11) is 0. The molecule has 2 aliphatic rings. The third-order valence-corrected chi connectivity index (χ3v) is 5.79. The minimum Gasteiger partial charge on any atom is -0.507 e. The Kier molecular flexibility index (Phi) is 4.43. The molecule has 2 atom stereocenters. The van der Waals surface area contributed by atoms with E-state index >= 15 is 0 Å². The molecule has 0 radical (unpaired) electrons. The molecule has 0 unspecified atom stereocenters. The van der Waals surface area contributed by atoms with Crippen LogP contribution < -0.4 is 5.43 Å². The number of nitrogens with zero attached hydrogens (tertiary/aromatic N) is 1. The van der Waals surface area contributed by atoms with Crippen LogP contribution in [0.4, 0.5) is 0 Å². The molecule has 0 bridgehead atoms. The van der Waals surface area contributed by atoms with E-state index in [0.29, 0.717) is 0 Å². The normalized spacial score (nSPS) is 24.9. The number of nitrogens with one attached hydrogen (secondary N) is 1. The fourth-order valence-corrected chi connectivity index (χ4v) is 4.39. The van der Waals surface area contributed by atoms with Crippen LogP contribution in [0.2, 0.25) is 0 Å². The van der Waals surface area contributed by atoms with E-state index in [9.17, 15) is 9.90 Å². The van der Waals surface area contributed by atoms with Gasteiger partial charge in [-0.25, -0.2) is 5.43 Å². The number of hydrogen-bond donors (Lipinski definition) is 2. The lowest BCUT2D eigenvalue weighted by Gasteiger charge is -2.35. The van der Waals surface area contributed by atoms with E-state index in [2.05, 4.69) is 10.5 Å². The fourth-order valence-electron chi connectivity index (χ4n) is 4.39. The monoisotopic (exact) mass is 336 g/mol. The summed E-state index contributed by atoms with van der Waals surface area (Å²) in [6.07, 6.45) is 8.52. The second kappa shape index (κ2) is 6.87. The zero-order valence-corrected chi connectivity index (χ0v) is 14.4. The standard InChI is InChI=1S/C21H24N2O2/c24-20-13-17-8-4-3-7-16(17)12-19(20)21(25)23-22-18-10-9-14-5-1-2-6-15(14)11-18/h3-4,7-8,12-15,24H,1-2,5-6,9-11H2,(H,23,25)/b22-18-/t14-,15-/m1/s1. The number of carbonyl (C=O) groups excluding carboxylic acids is 1. The van der Waals surface area contributed by atoms with Gasteiger partial charge in [0.2, 0.25) is 0 Å². The predicted octanol–water partition coefficient (Wildman–Crippen LogP) is 4.62. The van der Waals surface area contributed by atoms with E-state index < -0.39 is 0 Å². The highest BCUT2D eigenvalue weighted by Crippen LogP contribution is 2.39. The van der Waals surface area contributed by atoms with Gasteiger partial charge in [-0.1, -0.05) is 43.5 Å². The average Bonchev–Trinajstić information content (AvgIpc) is 2.65. The van der Waals surface area contributed by atoms with Gasteiger partial charge in [0, 0.05) is 5.71 Å². The Hall–Kier alpha value is -2.36. The van der Waals surface area contributed by atoms with Crippen molar-refractivity contribution >= 4 is 22.4 Å². The molecule has 2 aromatic rings. The number of benzene rings is 2. The van der Waals surface area contributed by atoms with Crippen LogP contribution in [0.15, 0.2) is 41.5 Å². The van der Waals surface area contributed by atoms with Gasteiger partial charge in [0.05, 0.1) is 5.56 Å². The van der Waals surface area contributed by atoms with Crippen molar-refractivity contribution in [3.05, 3.63) is 42.0 Å². The van der Waals surface area contributed by atoms with Crippen molar-refractivity contribution in [2.45, 2.75) is 44.9 Å². The topological polar surface area (TPSA) is 61.7 Å². The minimum atomic E-state index is -0.346. The summed E-state index contributed by atoms with van der Waals surface area (Å²) < 4.78 is 0. The number of phenolic OH excluding ortho intramolecular Hbond substituents is 1. The molecule has 4 heteroatoms. The Balaban J connectivity index is 1.48. The molecule has 4 rings (SSSR count). The first-order valence-electron chi connectivity index (χ1n) is 9.28. The largest absolute Gasteiger partial charge is 0.507 e. The molecular weight excluding hydrogens is 312 g/mol. The van der Waals surface area contributed by atoms with E-state index in [1.807, 2.05) is 24.3 Å². The molecule has 130 valence electrons. The number of hydrazone groups is 1. The molecule has 4 nitrogen and oxygen atoms in total. The van der Waals surface area contributed by atoms with Crippen molar-refractivity contribution in [2.75, 3.05) is 0 Å². The van der Waals surface area contributed by atoms with E-state index in [0.717, 1.165) is 41.2 Å². The molecule has 0 aromatic heterocycles. The van der Waals surface area contributed by atoms with E-state index in [1.54, 1.807) is 12.1 Å². The molecule has 1 amide bonds. The molecule has 0 heterocycles. The van der Waals surface area contributed by atoms with Crippen LogP contribution in [0.25, 0.3) is 10.8 Å². The van der Waals surface area contributed by atoms with Crippen molar-refractivity contribution < 1.29 is 9.90 Å². The lowest BCUT2D eigenvalue weighted by Crippen LogP contribution is -2.29. The quantitative estimate of drug-likeness (QED) is 0.786. The van der Waals surface area contributed by atoms with Gasteiger partial charge in [-0.2, -0.15) is 5.10 Å². The Labute approximate surface area is 147 Å². The molecule has 0 spiro atoms. The fraction of sp³-hybridized carbons (Fsp3) is 0.429. The van der Waals surface area contributed by atoms with Crippen molar-refractivity contribution in [3.8, 4) is 5.75 Å². The number of rotatable bonds is 2. The van der Waals surface area contributed by atoms with Gasteiger partial charge in [0.1, 0.15) is 5.75 Å². The zero-order chi connectivity index (χ0) is 17.2. The summed E-state index contributed by atoms with van der Waals surface area (Å²) in [4.78, 5) is 12.5. The van der Waals surface area contributed by atoms with E-state index in [4.69, 9.17) is 0 Å². The van der Waals surface area contributed by atoms with Gasteiger partial charge in [0.15, 0.2) is 0 Å². The number of phenols is 1. The maximum atomic E-state index is 12.5. The highest BCUT2D eigenvalue weighted by molar-refractivity contribution is 6.02. The van der Waals surface area contributed by atoms with Crippen molar-refractivity contribution in [1.29, 1.82) is 0 Å². The minimum absolute atomic E-state index is 0.00705. The number of amides is 1. The SMILES string of the molecule is O=C(N/N=C1/CC[C@H]2CCCC[C@@H]2C1)c1cc2ccccc2cc1O. The van der Waals surface area contributed by atoms with Gasteiger partial charge in [-0.3, -0.25) is 4.79 Å². The molecule has 2 saturated carbocycles. The third-order valence-electron chi connectivity index (χ3n) is 5.79. The second-order valence-electron chi connectivity index (χ2n) is 7.38. The van der Waals surface area contributed by atoms with Gasteiger partial charge >= 0.3 is 0 Å². The van der Waals surface area contributed by atoms with Crippen LogP contribution in [-0.4, -0.2) is 16.7 Å². The van der Waals surface area contributed by atoms with Crippen LogP contribution in [0, 0.1) is 11.8 Å². The Morgan fingerprint density at radius 2 is 1.76 bits per heavy atom. The third kappa shape index (κ3) is 3.39. The molecule has 0 aliphatic heterocycles. The van der Waals surface area contributed by atoms with Gasteiger partial charge < -0.3 is 5.11 Å². The molecule has 2 aromatic carbocycles. The summed E-state index contributed by atoms with van der Waals surface area (Å²) in [6, 6.07) is 11.0. The van der Waals surface area contributed by atoms with Crippen LogP contribution in [0.3, 0.4) is 0 Å². The Morgan fingerprint density at radius 3 is 2.56 bits per heavy atom. The first-order chi connectivity index (χ1) is 12.2. The average molecular weight is 336 g/mol. The second-order valence-corrected chi connectivity index (χ2v) is 7.38. The lowest BCUT2D eigenvalue weighted by molar-refractivity contribution is 0.0951. The molecule has 2 N–H and O–H groups in total. The van der Waals surface area contributed by atoms with Gasteiger partial charge in [0.25, 0.3) is 5.91 Å². The van der Waals surface area contributed by atoms with Gasteiger partial charge in [-0.05, 0) is 60.4 Å². The summed E-state index contributed by atoms with van der Waals surface area (Å²) >= 11 is 0. The number of fused-ring (bicyclic) bond motifs is 2. The van der Waals surface area contributed by atoms with Crippen molar-refractivity contribution in [3.63, 3.8) is 0 Å². The molecule has 2 fully saturated rings. The molecule has 0 saturated heterocycles. The molecular formula is C21H24N2O2. The first-order valence-corrected chi connectivity index (χ1v) is 9.28. The summed E-state index contributed by atoms with van der Waals surface area (Å²) in [5, 5.41) is 16.4. The highest BCUT2D eigenvalue weighted by Gasteiger charge is 2.30. The van der Waals surface area contributed by atoms with Crippen LogP contribution in [-0.2, 0) is 0 Å². The summed E-state index contributed by atoms with van der Waals surface area (Å²) in [5.41, 5.74) is 4.03. The lowest BCUT2D eigenvalue weighted by atomic mass is 9.70. The number of hydrogen-bond acceptors (Lipinski definition) is 3. The summed E-state index contributed by atoms with van der Waals surface area (Å²) in [6.45, 7) is 0. The smallest absolute Gasteiger partial charge is 0.275 e. The van der Waals surface area contributed by atoms with Crippen LogP contribution >= 0.6 is 0 Å². The van der Waals surface area contributed by atoms with Crippen molar-refractivity contribution in [2.24, 2.45) is 16.9 Å². The molecule has 2 aliphatic carbocycles. The predicted molar refractivity (Wildman–Crippen MR) is 99.8 cm³/mol. The zero-order valence-electron chi connectivity index (χ0n) is 14.4. The Bertz CT molecular complexity index is 828. The van der Waals surface area contributed by atoms with Crippen molar-refractivity contribution in [1.82, 2.24) is 5.43 Å². The van der Waals surface area contributed by atoms with Crippen LogP contribution in [0.5, 0.6) is 5.75 Å². The van der Waals surface area contributed by atoms with E-state index in [1.165, 1.54) is 32.1 Å². The highest BCUT2D eigenvalue weighted by atomic mass is 16.3. The number of carbonyl (C=O) groups is 1. The van der Waals surface area contributed by atoms with Gasteiger partial charge in [-0.15, -0.1) is 0 Å². The Morgan fingerprint density at radius 1 is 1.04 bits per heavy atom. The summed E-state index contributed by atoms with van der Waals surface area (Å²) in [5.74, 6) is 1.24. The number of aromatic hydroxyl groups is 1. The first kappa shape index (κ1) is 16.1. The maximum Gasteiger partial charge on any atom is 0.275 e.